The fourth-order valence-electron chi connectivity index (χ4n) is 4.58. The fraction of sp³-hybridized carbons (Fsp3) is 0.556. The van der Waals surface area contributed by atoms with Crippen LogP contribution in [0.2, 0.25) is 0 Å². The maximum absolute atomic E-state index is 6.26. The predicted octanol–water partition coefficient (Wildman–Crippen LogP) is 8.54. The highest BCUT2D eigenvalue weighted by atomic mass is 32.1. The molecule has 0 atom stereocenters. The molecule has 2 nitrogen and oxygen atoms in total. The molecule has 0 aliphatic heterocycles. The van der Waals surface area contributed by atoms with Gasteiger partial charge in [0.05, 0.1) is 13.2 Å². The summed E-state index contributed by atoms with van der Waals surface area (Å²) in [7, 11) is 0. The van der Waals surface area contributed by atoms with Crippen molar-refractivity contribution >= 4 is 34.0 Å². The van der Waals surface area contributed by atoms with E-state index < -0.39 is 0 Å². The first kappa shape index (κ1) is 24.2. The SMILES string of the molecule is CCCCOCC1(COCCCC)Cc2c(-c3sccc3C)sc(-c3sccc3C)c2C1. The van der Waals surface area contributed by atoms with Crippen molar-refractivity contribution in [2.45, 2.75) is 66.2 Å². The van der Waals surface area contributed by atoms with Gasteiger partial charge >= 0.3 is 0 Å². The van der Waals surface area contributed by atoms with E-state index in [1.54, 1.807) is 11.1 Å². The molecule has 32 heavy (non-hydrogen) atoms. The maximum Gasteiger partial charge on any atom is 0.0550 e. The van der Waals surface area contributed by atoms with E-state index in [0.29, 0.717) is 0 Å². The molecule has 3 aromatic rings. The summed E-state index contributed by atoms with van der Waals surface area (Å²) < 4.78 is 12.5. The van der Waals surface area contributed by atoms with Crippen molar-refractivity contribution in [2.75, 3.05) is 26.4 Å². The van der Waals surface area contributed by atoms with Crippen LogP contribution in [-0.4, -0.2) is 26.4 Å². The Morgan fingerprint density at radius 1 is 0.750 bits per heavy atom. The highest BCUT2D eigenvalue weighted by Crippen LogP contribution is 2.53. The van der Waals surface area contributed by atoms with Gasteiger partial charge in [0.2, 0.25) is 0 Å². The number of aryl methyl sites for hydroxylation is 2. The first-order valence-corrected chi connectivity index (χ1v) is 14.5. The molecule has 3 aromatic heterocycles. The highest BCUT2D eigenvalue weighted by molar-refractivity contribution is 7.26. The van der Waals surface area contributed by atoms with Gasteiger partial charge in [-0.15, -0.1) is 34.0 Å². The number of rotatable bonds is 12. The number of thiophene rings is 3. The summed E-state index contributed by atoms with van der Waals surface area (Å²) in [6, 6.07) is 4.51. The molecule has 1 aliphatic carbocycles. The van der Waals surface area contributed by atoms with Crippen LogP contribution < -0.4 is 0 Å². The Kier molecular flexibility index (Phi) is 8.28. The molecule has 0 unspecified atom stereocenters. The molecule has 5 heteroatoms. The lowest BCUT2D eigenvalue weighted by molar-refractivity contribution is -0.0187. The second-order valence-corrected chi connectivity index (χ2v) is 12.1. The molecule has 0 fully saturated rings. The third kappa shape index (κ3) is 5.07. The zero-order valence-electron chi connectivity index (χ0n) is 19.9. The van der Waals surface area contributed by atoms with Gasteiger partial charge in [0.1, 0.15) is 0 Å². The Morgan fingerprint density at radius 3 is 1.59 bits per heavy atom. The van der Waals surface area contributed by atoms with Crippen molar-refractivity contribution in [3.05, 3.63) is 45.1 Å². The topological polar surface area (TPSA) is 18.5 Å². The lowest BCUT2D eigenvalue weighted by Crippen LogP contribution is -2.34. The van der Waals surface area contributed by atoms with Crippen LogP contribution in [0.5, 0.6) is 0 Å². The third-order valence-corrected chi connectivity index (χ3v) is 10.1. The van der Waals surface area contributed by atoms with E-state index in [2.05, 4.69) is 50.6 Å². The van der Waals surface area contributed by atoms with E-state index in [9.17, 15) is 0 Å². The van der Waals surface area contributed by atoms with Crippen LogP contribution in [0.3, 0.4) is 0 Å². The standard InChI is InChI=1S/C27H36O2S3/c1-5-7-11-28-17-27(18-29-12-8-6-2)15-21-22(16-27)26(24-20(4)10-14-31-24)32-25(21)23-19(3)9-13-30-23/h9-10,13-14H,5-8,11-12,15-18H2,1-4H3. The van der Waals surface area contributed by atoms with Gasteiger partial charge < -0.3 is 9.47 Å². The summed E-state index contributed by atoms with van der Waals surface area (Å²) >= 11 is 5.78. The number of fused-ring (bicyclic) bond motifs is 1. The highest BCUT2D eigenvalue weighted by Gasteiger charge is 2.42. The minimum atomic E-state index is 0.0555. The zero-order chi connectivity index (χ0) is 22.6. The van der Waals surface area contributed by atoms with Crippen LogP contribution in [0.1, 0.15) is 61.8 Å². The van der Waals surface area contributed by atoms with Crippen molar-refractivity contribution in [3.8, 4) is 19.5 Å². The van der Waals surface area contributed by atoms with Gasteiger partial charge in [-0.3, -0.25) is 0 Å². The van der Waals surface area contributed by atoms with Crippen molar-refractivity contribution in [1.29, 1.82) is 0 Å². The Labute approximate surface area is 205 Å². The number of unbranched alkanes of at least 4 members (excludes halogenated alkanes) is 2. The molecule has 0 bridgehead atoms. The van der Waals surface area contributed by atoms with Gasteiger partial charge in [0.25, 0.3) is 0 Å². The minimum absolute atomic E-state index is 0.0555. The quantitative estimate of drug-likeness (QED) is 0.238. The summed E-state index contributed by atoms with van der Waals surface area (Å²) in [5.74, 6) is 0. The monoisotopic (exact) mass is 488 g/mol. The molecule has 4 rings (SSSR count). The van der Waals surface area contributed by atoms with Gasteiger partial charge in [-0.05, 0) is 84.7 Å². The van der Waals surface area contributed by atoms with Gasteiger partial charge in [-0.2, -0.15) is 0 Å². The minimum Gasteiger partial charge on any atom is -0.381 e. The molecule has 0 amide bonds. The summed E-state index contributed by atoms with van der Waals surface area (Å²) in [6.07, 6.45) is 6.75. The summed E-state index contributed by atoms with van der Waals surface area (Å²) in [5, 5.41) is 4.47. The second-order valence-electron chi connectivity index (χ2n) is 9.25. The molecule has 0 aromatic carbocycles. The van der Waals surface area contributed by atoms with E-state index in [1.807, 2.05) is 34.0 Å². The van der Waals surface area contributed by atoms with E-state index in [1.165, 1.54) is 43.5 Å². The van der Waals surface area contributed by atoms with E-state index in [4.69, 9.17) is 9.47 Å². The van der Waals surface area contributed by atoms with Gasteiger partial charge in [0, 0.05) is 38.1 Å². The number of ether oxygens (including phenoxy) is 2. The van der Waals surface area contributed by atoms with Crippen LogP contribution in [-0.2, 0) is 22.3 Å². The maximum atomic E-state index is 6.26. The normalized spacial score (nSPS) is 14.9. The largest absolute Gasteiger partial charge is 0.381 e. The summed E-state index contributed by atoms with van der Waals surface area (Å²) in [6.45, 7) is 12.3. The Hall–Kier alpha value is -0.980. The van der Waals surface area contributed by atoms with Crippen LogP contribution in [0.4, 0.5) is 0 Å². The molecular formula is C27H36O2S3. The van der Waals surface area contributed by atoms with Crippen LogP contribution in [0, 0.1) is 19.3 Å². The second kappa shape index (κ2) is 11.0. The smallest absolute Gasteiger partial charge is 0.0550 e. The average Bonchev–Trinajstić information content (AvgIpc) is 3.54. The molecule has 0 saturated heterocycles. The molecule has 0 saturated carbocycles. The zero-order valence-corrected chi connectivity index (χ0v) is 22.4. The van der Waals surface area contributed by atoms with Crippen molar-refractivity contribution in [2.24, 2.45) is 5.41 Å². The van der Waals surface area contributed by atoms with E-state index in [-0.39, 0.29) is 5.41 Å². The van der Waals surface area contributed by atoms with Crippen molar-refractivity contribution < 1.29 is 9.47 Å². The molecule has 0 radical (unpaired) electrons. The fourth-order valence-corrected chi connectivity index (χ4v) is 8.25. The molecule has 0 N–H and O–H groups in total. The van der Waals surface area contributed by atoms with E-state index >= 15 is 0 Å². The molecule has 174 valence electrons. The first-order valence-electron chi connectivity index (χ1n) is 12.0. The molecular weight excluding hydrogens is 452 g/mol. The Morgan fingerprint density at radius 2 is 1.22 bits per heavy atom. The predicted molar refractivity (Wildman–Crippen MR) is 142 cm³/mol. The third-order valence-electron chi connectivity index (χ3n) is 6.46. The molecule has 3 heterocycles. The van der Waals surface area contributed by atoms with Gasteiger partial charge in [0.15, 0.2) is 0 Å². The van der Waals surface area contributed by atoms with E-state index in [0.717, 1.165) is 52.1 Å². The number of hydrogen-bond donors (Lipinski definition) is 0. The lowest BCUT2D eigenvalue weighted by atomic mass is 9.86. The first-order chi connectivity index (χ1) is 15.6. The molecule has 0 spiro atoms. The number of hydrogen-bond acceptors (Lipinski definition) is 5. The van der Waals surface area contributed by atoms with Gasteiger partial charge in [-0.1, -0.05) is 26.7 Å². The van der Waals surface area contributed by atoms with Crippen molar-refractivity contribution in [3.63, 3.8) is 0 Å². The summed E-state index contributed by atoms with van der Waals surface area (Å²) in [4.78, 5) is 5.86. The Balaban J connectivity index is 1.69. The van der Waals surface area contributed by atoms with Crippen LogP contribution in [0.25, 0.3) is 19.5 Å². The lowest BCUT2D eigenvalue weighted by Gasteiger charge is -2.29. The van der Waals surface area contributed by atoms with Crippen LogP contribution >= 0.6 is 34.0 Å². The van der Waals surface area contributed by atoms with Crippen LogP contribution in [0.15, 0.2) is 22.9 Å². The van der Waals surface area contributed by atoms with Crippen molar-refractivity contribution in [1.82, 2.24) is 0 Å². The van der Waals surface area contributed by atoms with Gasteiger partial charge in [-0.25, -0.2) is 0 Å². The average molecular weight is 489 g/mol. The summed E-state index contributed by atoms with van der Waals surface area (Å²) in [5.41, 5.74) is 5.96. The Bertz CT molecular complexity index is 931. The molecule has 1 aliphatic rings.